The van der Waals surface area contributed by atoms with Gasteiger partial charge in [0.1, 0.15) is 0 Å². The number of nitrogens with one attached hydrogen (secondary N) is 1. The summed E-state index contributed by atoms with van der Waals surface area (Å²) in [5, 5.41) is 2.06. The van der Waals surface area contributed by atoms with Crippen molar-refractivity contribution >= 4 is 29.1 Å². The Hall–Kier alpha value is -1.76. The van der Waals surface area contributed by atoms with Gasteiger partial charge in [0.2, 0.25) is 11.8 Å². The smallest absolute Gasteiger partial charge is 0.342 e. The number of likely N-dealkylation sites (tertiary alicyclic amines) is 1. The van der Waals surface area contributed by atoms with E-state index in [0.717, 1.165) is 50.9 Å². The third kappa shape index (κ3) is 4.31. The highest BCUT2D eigenvalue weighted by Crippen LogP contribution is 2.42. The zero-order valence-corrected chi connectivity index (χ0v) is 14.9. The molecule has 0 spiro atoms. The lowest BCUT2D eigenvalue weighted by molar-refractivity contribution is -0.137. The van der Waals surface area contributed by atoms with E-state index >= 15 is 0 Å². The molecule has 0 radical (unpaired) electrons. The van der Waals surface area contributed by atoms with Crippen molar-refractivity contribution in [3.05, 3.63) is 28.8 Å². The molecule has 1 aliphatic carbocycles. The highest BCUT2D eigenvalue weighted by atomic mass is 35.5. The van der Waals surface area contributed by atoms with Gasteiger partial charge in [-0.05, 0) is 37.5 Å². The maximum atomic E-state index is 12.9. The summed E-state index contributed by atoms with van der Waals surface area (Å²) < 4.78 is 38.7. The van der Waals surface area contributed by atoms with Crippen molar-refractivity contribution in [2.75, 3.05) is 18.4 Å². The van der Waals surface area contributed by atoms with E-state index in [1.807, 2.05) is 4.90 Å². The standard InChI is InChI=1S/C18H20ClF3N2O2/c19-15-6-5-11(9-14(15)18(20,21)22)23-16(25)12-10-13(12)17(26)24-7-3-1-2-4-8-24/h5-6,9,12-13H,1-4,7-8,10H2,(H,23,25). The molecule has 26 heavy (non-hydrogen) atoms. The summed E-state index contributed by atoms with van der Waals surface area (Å²) in [4.78, 5) is 26.6. The van der Waals surface area contributed by atoms with Crippen molar-refractivity contribution in [3.8, 4) is 0 Å². The Bertz CT molecular complexity index is 700. The Morgan fingerprint density at radius 3 is 2.35 bits per heavy atom. The summed E-state index contributed by atoms with van der Waals surface area (Å²) in [5.41, 5.74) is -0.968. The molecule has 1 aliphatic heterocycles. The molecule has 1 aromatic rings. The van der Waals surface area contributed by atoms with E-state index < -0.39 is 28.6 Å². The number of anilines is 1. The quantitative estimate of drug-likeness (QED) is 0.837. The third-order valence-electron chi connectivity index (χ3n) is 4.90. The summed E-state index contributed by atoms with van der Waals surface area (Å²) in [7, 11) is 0. The van der Waals surface area contributed by atoms with Crippen LogP contribution in [0.15, 0.2) is 18.2 Å². The fraction of sp³-hybridized carbons (Fsp3) is 0.556. The number of nitrogens with zero attached hydrogens (tertiary/aromatic N) is 1. The lowest BCUT2D eigenvalue weighted by atomic mass is 10.2. The Morgan fingerprint density at radius 1 is 1.08 bits per heavy atom. The van der Waals surface area contributed by atoms with Crippen LogP contribution in [0.2, 0.25) is 5.02 Å². The van der Waals surface area contributed by atoms with E-state index in [4.69, 9.17) is 11.6 Å². The van der Waals surface area contributed by atoms with E-state index in [0.29, 0.717) is 6.42 Å². The van der Waals surface area contributed by atoms with Crippen molar-refractivity contribution < 1.29 is 22.8 Å². The summed E-state index contributed by atoms with van der Waals surface area (Å²) in [6.07, 6.45) is 0.0110. The summed E-state index contributed by atoms with van der Waals surface area (Å²) >= 11 is 5.57. The normalized spacial score (nSPS) is 23.3. The first-order valence-corrected chi connectivity index (χ1v) is 9.11. The molecule has 0 aromatic heterocycles. The molecule has 1 heterocycles. The number of carbonyl (C=O) groups is 2. The number of benzene rings is 1. The predicted octanol–water partition coefficient (Wildman–Crippen LogP) is 4.34. The van der Waals surface area contributed by atoms with Crippen molar-refractivity contribution in [3.63, 3.8) is 0 Å². The van der Waals surface area contributed by atoms with Crippen LogP contribution in [0.5, 0.6) is 0 Å². The molecule has 3 rings (SSSR count). The topological polar surface area (TPSA) is 49.4 Å². The molecule has 1 saturated heterocycles. The van der Waals surface area contributed by atoms with E-state index in [1.54, 1.807) is 0 Å². The van der Waals surface area contributed by atoms with Crippen LogP contribution >= 0.6 is 11.6 Å². The number of halogens is 4. The molecule has 2 amide bonds. The number of rotatable bonds is 3. The van der Waals surface area contributed by atoms with Gasteiger partial charge < -0.3 is 10.2 Å². The first kappa shape index (κ1) is 19.0. The fourth-order valence-electron chi connectivity index (χ4n) is 3.34. The van der Waals surface area contributed by atoms with Gasteiger partial charge in [-0.3, -0.25) is 9.59 Å². The molecule has 2 atom stereocenters. The highest BCUT2D eigenvalue weighted by molar-refractivity contribution is 6.31. The van der Waals surface area contributed by atoms with Crippen molar-refractivity contribution in [1.29, 1.82) is 0 Å². The minimum absolute atomic E-state index is 0.0147. The average Bonchev–Trinajstić information content (AvgIpc) is 3.39. The fourth-order valence-corrected chi connectivity index (χ4v) is 3.56. The second-order valence-electron chi connectivity index (χ2n) is 6.87. The molecular formula is C18H20ClF3N2O2. The first-order chi connectivity index (χ1) is 12.3. The van der Waals surface area contributed by atoms with Gasteiger partial charge in [-0.1, -0.05) is 24.4 Å². The molecular weight excluding hydrogens is 369 g/mol. The van der Waals surface area contributed by atoms with Crippen LogP contribution < -0.4 is 5.32 Å². The van der Waals surface area contributed by atoms with Crippen LogP contribution in [0.1, 0.15) is 37.7 Å². The third-order valence-corrected chi connectivity index (χ3v) is 5.23. The Morgan fingerprint density at radius 2 is 1.73 bits per heavy atom. The van der Waals surface area contributed by atoms with Crippen LogP contribution in [0.3, 0.4) is 0 Å². The van der Waals surface area contributed by atoms with Crippen LogP contribution in [-0.4, -0.2) is 29.8 Å². The van der Waals surface area contributed by atoms with Crippen LogP contribution in [0.25, 0.3) is 0 Å². The van der Waals surface area contributed by atoms with Crippen molar-refractivity contribution in [2.45, 2.75) is 38.3 Å². The minimum Gasteiger partial charge on any atom is -0.342 e. The predicted molar refractivity (Wildman–Crippen MR) is 91.7 cm³/mol. The second-order valence-corrected chi connectivity index (χ2v) is 7.28. The largest absolute Gasteiger partial charge is 0.417 e. The average molecular weight is 389 g/mol. The van der Waals surface area contributed by atoms with Crippen LogP contribution in [-0.2, 0) is 15.8 Å². The molecule has 2 aliphatic rings. The zero-order chi connectivity index (χ0) is 18.9. The summed E-state index contributed by atoms with van der Waals surface area (Å²) in [5.74, 6) is -1.27. The summed E-state index contributed by atoms with van der Waals surface area (Å²) in [6.45, 7) is 1.44. The van der Waals surface area contributed by atoms with E-state index in [1.165, 1.54) is 6.07 Å². The van der Waals surface area contributed by atoms with Crippen LogP contribution in [0.4, 0.5) is 18.9 Å². The van der Waals surface area contributed by atoms with Gasteiger partial charge in [0.25, 0.3) is 0 Å². The van der Waals surface area contributed by atoms with Gasteiger partial charge in [-0.2, -0.15) is 13.2 Å². The molecule has 1 N–H and O–H groups in total. The molecule has 142 valence electrons. The van der Waals surface area contributed by atoms with E-state index in [-0.39, 0.29) is 17.5 Å². The SMILES string of the molecule is O=C(Nc1ccc(Cl)c(C(F)(F)F)c1)C1CC1C(=O)N1CCCCCC1. The van der Waals surface area contributed by atoms with E-state index in [9.17, 15) is 22.8 Å². The second kappa shape index (κ2) is 7.47. The molecule has 4 nitrogen and oxygen atoms in total. The molecule has 1 saturated carbocycles. The van der Waals surface area contributed by atoms with Gasteiger partial charge >= 0.3 is 6.18 Å². The molecule has 1 aromatic carbocycles. The van der Waals surface area contributed by atoms with Gasteiger partial charge in [-0.15, -0.1) is 0 Å². The van der Waals surface area contributed by atoms with Crippen molar-refractivity contribution in [1.82, 2.24) is 4.90 Å². The van der Waals surface area contributed by atoms with Crippen LogP contribution in [0, 0.1) is 11.8 Å². The zero-order valence-electron chi connectivity index (χ0n) is 14.1. The Labute approximate surface area is 154 Å². The van der Waals surface area contributed by atoms with Crippen molar-refractivity contribution in [2.24, 2.45) is 11.8 Å². The van der Waals surface area contributed by atoms with E-state index in [2.05, 4.69) is 5.32 Å². The Balaban J connectivity index is 1.60. The first-order valence-electron chi connectivity index (χ1n) is 8.74. The lowest BCUT2D eigenvalue weighted by Gasteiger charge is -2.20. The maximum absolute atomic E-state index is 12.9. The minimum atomic E-state index is -4.59. The van der Waals surface area contributed by atoms with Gasteiger partial charge in [0.15, 0.2) is 0 Å². The summed E-state index contributed by atoms with van der Waals surface area (Å²) in [6, 6.07) is 3.24. The number of carbonyl (C=O) groups excluding carboxylic acids is 2. The molecule has 2 fully saturated rings. The molecule has 0 bridgehead atoms. The highest BCUT2D eigenvalue weighted by Gasteiger charge is 2.49. The van der Waals surface area contributed by atoms with Gasteiger partial charge in [0.05, 0.1) is 22.4 Å². The molecule has 8 heteroatoms. The van der Waals surface area contributed by atoms with Gasteiger partial charge in [0, 0.05) is 18.8 Å². The number of alkyl halides is 3. The maximum Gasteiger partial charge on any atom is 0.417 e. The number of hydrogen-bond acceptors (Lipinski definition) is 2. The van der Waals surface area contributed by atoms with Gasteiger partial charge in [-0.25, -0.2) is 0 Å². The monoisotopic (exact) mass is 388 g/mol. The number of amides is 2. The molecule has 2 unspecified atom stereocenters. The Kier molecular flexibility index (Phi) is 5.46. The number of hydrogen-bond donors (Lipinski definition) is 1. The lowest BCUT2D eigenvalue weighted by Crippen LogP contribution is -2.34.